The van der Waals surface area contributed by atoms with E-state index in [4.69, 9.17) is 24.7 Å². The highest BCUT2D eigenvalue weighted by molar-refractivity contribution is 5.91. The Balaban J connectivity index is 1.39. The summed E-state index contributed by atoms with van der Waals surface area (Å²) in [4.78, 5) is 52.5. The fraction of sp³-hybridized carbons (Fsp3) is 0.188. The number of nitrogens with two attached hydrogens (primary N) is 1. The Hall–Kier alpha value is -5.62. The molecule has 1 aliphatic rings. The molecule has 12 heteroatoms. The van der Waals surface area contributed by atoms with Crippen molar-refractivity contribution in [1.29, 1.82) is 0 Å². The second-order valence-electron chi connectivity index (χ2n) is 9.98. The molecule has 6 rings (SSSR count). The van der Waals surface area contributed by atoms with Gasteiger partial charge in [0.15, 0.2) is 29.9 Å². The second-order valence-corrected chi connectivity index (χ2v) is 9.98. The smallest absolute Gasteiger partial charge is 0.338 e. The molecule has 0 amide bonds. The van der Waals surface area contributed by atoms with Gasteiger partial charge in [-0.15, -0.1) is 0 Å². The monoisotopic (exact) mass is 593 g/mol. The quantitative estimate of drug-likeness (QED) is 0.205. The Morgan fingerprint density at radius 1 is 0.773 bits per heavy atom. The first kappa shape index (κ1) is 28.5. The summed E-state index contributed by atoms with van der Waals surface area (Å²) >= 11 is 0. The van der Waals surface area contributed by atoms with Crippen molar-refractivity contribution in [3.05, 3.63) is 120 Å². The number of fused-ring (bicyclic) bond motifs is 1. The Bertz CT molecular complexity index is 1800. The summed E-state index contributed by atoms with van der Waals surface area (Å²) in [6.45, 7) is 1.35. The van der Waals surface area contributed by atoms with Crippen LogP contribution in [0.1, 0.15) is 43.1 Å². The van der Waals surface area contributed by atoms with Gasteiger partial charge < -0.3 is 24.7 Å². The van der Waals surface area contributed by atoms with Crippen LogP contribution in [0.3, 0.4) is 0 Å². The lowest BCUT2D eigenvalue weighted by Gasteiger charge is -2.25. The lowest BCUT2D eigenvalue weighted by atomic mass is 10.1. The summed E-state index contributed by atoms with van der Waals surface area (Å²) in [7, 11) is 0. The Morgan fingerprint density at radius 3 is 1.86 bits per heavy atom. The number of anilines is 1. The van der Waals surface area contributed by atoms with E-state index in [1.807, 2.05) is 0 Å². The first-order chi connectivity index (χ1) is 21.4. The second kappa shape index (κ2) is 12.3. The summed E-state index contributed by atoms with van der Waals surface area (Å²) in [5.41, 5.74) is 7.60. The molecule has 12 nitrogen and oxygen atoms in total. The van der Waals surface area contributed by atoms with E-state index in [0.717, 1.165) is 0 Å². The molecule has 0 saturated carbocycles. The maximum absolute atomic E-state index is 13.4. The van der Waals surface area contributed by atoms with Gasteiger partial charge in [-0.3, -0.25) is 4.57 Å². The van der Waals surface area contributed by atoms with Gasteiger partial charge in [-0.2, -0.15) is 0 Å². The van der Waals surface area contributed by atoms with Crippen molar-refractivity contribution < 1.29 is 33.3 Å². The topological polar surface area (TPSA) is 158 Å². The van der Waals surface area contributed by atoms with E-state index < -0.39 is 42.4 Å². The van der Waals surface area contributed by atoms with E-state index in [1.54, 1.807) is 97.9 Å². The Morgan fingerprint density at radius 2 is 1.30 bits per heavy atom. The van der Waals surface area contributed by atoms with Crippen LogP contribution in [0.25, 0.3) is 11.2 Å². The van der Waals surface area contributed by atoms with Gasteiger partial charge in [-0.05, 0) is 43.3 Å². The highest BCUT2D eigenvalue weighted by Crippen LogP contribution is 2.37. The normalized spacial score (nSPS) is 19.4. The number of hydrogen-bond donors (Lipinski definition) is 1. The zero-order chi connectivity index (χ0) is 30.6. The van der Waals surface area contributed by atoms with Crippen molar-refractivity contribution in [1.82, 2.24) is 19.5 Å². The summed E-state index contributed by atoms with van der Waals surface area (Å²) in [6.07, 6.45) is -3.15. The average Bonchev–Trinajstić information content (AvgIpc) is 3.62. The molecule has 44 heavy (non-hydrogen) atoms. The van der Waals surface area contributed by atoms with Gasteiger partial charge in [-0.1, -0.05) is 54.6 Å². The van der Waals surface area contributed by atoms with Gasteiger partial charge in [-0.25, -0.2) is 29.3 Å². The van der Waals surface area contributed by atoms with Gasteiger partial charge in [0.05, 0.1) is 23.0 Å². The molecular weight excluding hydrogens is 566 g/mol. The highest BCUT2D eigenvalue weighted by Gasteiger charge is 2.52. The zero-order valence-corrected chi connectivity index (χ0v) is 23.5. The number of hydrogen-bond acceptors (Lipinski definition) is 11. The number of rotatable bonds is 8. The van der Waals surface area contributed by atoms with Crippen LogP contribution < -0.4 is 5.73 Å². The largest absolute Gasteiger partial charge is 0.459 e. The first-order valence-corrected chi connectivity index (χ1v) is 13.8. The van der Waals surface area contributed by atoms with Gasteiger partial charge in [0.1, 0.15) is 24.1 Å². The standard InChI is InChI=1S/C32H27N5O7/c1-19-35-27(33)24-28(36-19)37(18-34-24)29-26(44-32(40)22-15-9-4-10-16-22)25(43-31(39)21-13-7-3-8-14-21)23(42-29)17-41-30(38)20-11-5-2-6-12-20/h2-16,18,23,25-26,29H,17H2,1H3,(H2,33,35,36)/t23-,25?,26+,29-/m1/s1. The number of aromatic nitrogens is 4. The van der Waals surface area contributed by atoms with Gasteiger partial charge in [0.2, 0.25) is 0 Å². The third-order valence-electron chi connectivity index (χ3n) is 7.01. The molecule has 0 bridgehead atoms. The van der Waals surface area contributed by atoms with Gasteiger partial charge in [0.25, 0.3) is 0 Å². The molecule has 5 aromatic rings. The minimum Gasteiger partial charge on any atom is -0.459 e. The van der Waals surface area contributed by atoms with Crippen LogP contribution in [-0.4, -0.2) is 62.3 Å². The molecule has 2 aromatic heterocycles. The lowest BCUT2D eigenvalue weighted by Crippen LogP contribution is -2.41. The Labute approximate surface area is 251 Å². The molecule has 1 unspecified atom stereocenters. The number of benzene rings is 3. The van der Waals surface area contributed by atoms with E-state index in [9.17, 15) is 14.4 Å². The van der Waals surface area contributed by atoms with Crippen molar-refractivity contribution >= 4 is 34.9 Å². The first-order valence-electron chi connectivity index (χ1n) is 13.8. The van der Waals surface area contributed by atoms with Crippen molar-refractivity contribution in [2.75, 3.05) is 12.3 Å². The molecule has 222 valence electrons. The maximum Gasteiger partial charge on any atom is 0.338 e. The number of carbonyl (C=O) groups excluding carboxylic acids is 3. The van der Waals surface area contributed by atoms with Crippen LogP contribution in [0.5, 0.6) is 0 Å². The number of esters is 3. The maximum atomic E-state index is 13.4. The van der Waals surface area contributed by atoms with Crippen LogP contribution in [-0.2, 0) is 18.9 Å². The van der Waals surface area contributed by atoms with E-state index in [2.05, 4.69) is 15.0 Å². The summed E-state index contributed by atoms with van der Waals surface area (Å²) < 4.78 is 25.5. The van der Waals surface area contributed by atoms with Crippen molar-refractivity contribution in [3.63, 3.8) is 0 Å². The highest BCUT2D eigenvalue weighted by atomic mass is 16.7. The van der Waals surface area contributed by atoms with Crippen LogP contribution >= 0.6 is 0 Å². The third kappa shape index (κ3) is 5.83. The number of nitrogen functional groups attached to an aromatic ring is 1. The number of imidazole rings is 1. The predicted molar refractivity (Wildman–Crippen MR) is 156 cm³/mol. The van der Waals surface area contributed by atoms with Gasteiger partial charge >= 0.3 is 17.9 Å². The predicted octanol–water partition coefficient (Wildman–Crippen LogP) is 3.92. The van der Waals surface area contributed by atoms with Crippen molar-refractivity contribution in [2.24, 2.45) is 0 Å². The molecule has 0 radical (unpaired) electrons. The van der Waals surface area contributed by atoms with Gasteiger partial charge in [0, 0.05) is 0 Å². The fourth-order valence-electron chi connectivity index (χ4n) is 4.92. The summed E-state index contributed by atoms with van der Waals surface area (Å²) in [5.74, 6) is -1.43. The number of aryl methyl sites for hydroxylation is 1. The molecule has 1 aliphatic heterocycles. The van der Waals surface area contributed by atoms with Crippen LogP contribution in [0.2, 0.25) is 0 Å². The van der Waals surface area contributed by atoms with Crippen LogP contribution in [0, 0.1) is 6.92 Å². The van der Waals surface area contributed by atoms with E-state index >= 15 is 0 Å². The van der Waals surface area contributed by atoms with E-state index in [-0.39, 0.29) is 23.6 Å². The van der Waals surface area contributed by atoms with Crippen LogP contribution in [0.4, 0.5) is 5.82 Å². The summed E-state index contributed by atoms with van der Waals surface area (Å²) in [5, 5.41) is 0. The number of carbonyl (C=O) groups is 3. The molecule has 0 aliphatic carbocycles. The average molecular weight is 594 g/mol. The number of nitrogens with zero attached hydrogens (tertiary/aromatic N) is 4. The third-order valence-corrected chi connectivity index (χ3v) is 7.01. The fourth-order valence-corrected chi connectivity index (χ4v) is 4.92. The molecule has 1 fully saturated rings. The zero-order valence-electron chi connectivity index (χ0n) is 23.5. The van der Waals surface area contributed by atoms with Crippen LogP contribution in [0.15, 0.2) is 97.3 Å². The molecule has 2 N–H and O–H groups in total. The molecular formula is C32H27N5O7. The lowest BCUT2D eigenvalue weighted by molar-refractivity contribution is -0.0606. The molecule has 1 saturated heterocycles. The molecule has 3 aromatic carbocycles. The molecule has 3 heterocycles. The Kier molecular flexibility index (Phi) is 7.98. The van der Waals surface area contributed by atoms with Crippen molar-refractivity contribution in [3.8, 4) is 0 Å². The number of ether oxygens (including phenoxy) is 4. The van der Waals surface area contributed by atoms with E-state index in [1.165, 1.54) is 10.9 Å². The molecule has 4 atom stereocenters. The minimum absolute atomic E-state index is 0.155. The van der Waals surface area contributed by atoms with E-state index in [0.29, 0.717) is 22.6 Å². The van der Waals surface area contributed by atoms with Crippen molar-refractivity contribution in [2.45, 2.75) is 31.5 Å². The minimum atomic E-state index is -1.22. The SMILES string of the molecule is Cc1nc(N)c2ncn([C@@H]3O[C@H](COC(=O)c4ccccc4)C(OC(=O)c4ccccc4)[C@@H]3OC(=O)c3ccccc3)c2n1. The molecule has 0 spiro atoms. The summed E-state index contributed by atoms with van der Waals surface area (Å²) in [6, 6.07) is 25.1.